The molecule has 3 rings (SSSR count). The summed E-state index contributed by atoms with van der Waals surface area (Å²) in [6.45, 7) is 0. The van der Waals surface area contributed by atoms with Gasteiger partial charge in [-0.3, -0.25) is 0 Å². The summed E-state index contributed by atoms with van der Waals surface area (Å²) in [4.78, 5) is 12.4. The van der Waals surface area contributed by atoms with Crippen LogP contribution in [0.4, 0.5) is 0 Å². The molecule has 0 aromatic carbocycles. The van der Waals surface area contributed by atoms with Gasteiger partial charge in [0.05, 0.1) is 0 Å². The molecule has 2 atom stereocenters. The molecule has 2 unspecified atom stereocenters. The van der Waals surface area contributed by atoms with Gasteiger partial charge in [-0.2, -0.15) is 0 Å². The standard InChI is InChI=1S/C15H23O3Se/c16-13-11(14(17)7-3-1-4-8-14)12(19)15(18-13)9-5-2-6-10-15/h11-12,17H,1-10H2. The third-order valence-electron chi connectivity index (χ3n) is 5.38. The van der Waals surface area contributed by atoms with Crippen molar-refractivity contribution >= 4 is 22.0 Å². The van der Waals surface area contributed by atoms with E-state index in [-0.39, 0.29) is 22.3 Å². The predicted molar refractivity (Wildman–Crippen MR) is 72.9 cm³/mol. The average molecular weight is 330 g/mol. The molecule has 2 saturated carbocycles. The number of rotatable bonds is 1. The van der Waals surface area contributed by atoms with Crippen molar-refractivity contribution in [1.82, 2.24) is 0 Å². The molecule has 4 heteroatoms. The average Bonchev–Trinajstić information content (AvgIpc) is 2.63. The number of hydrogen-bond acceptors (Lipinski definition) is 3. The van der Waals surface area contributed by atoms with Crippen molar-refractivity contribution in [2.24, 2.45) is 5.92 Å². The van der Waals surface area contributed by atoms with Crippen LogP contribution in [0, 0.1) is 5.92 Å². The van der Waals surface area contributed by atoms with E-state index in [9.17, 15) is 9.90 Å². The molecule has 107 valence electrons. The SMILES string of the molecule is O=C1OC2(CCCCC2)C([Se])C1C1(O)CCCCC1. The third kappa shape index (κ3) is 2.26. The van der Waals surface area contributed by atoms with Crippen molar-refractivity contribution in [3.8, 4) is 0 Å². The molecule has 0 aromatic rings. The van der Waals surface area contributed by atoms with Crippen LogP contribution in [-0.2, 0) is 9.53 Å². The monoisotopic (exact) mass is 331 g/mol. The number of aliphatic hydroxyl groups is 1. The molecule has 1 heterocycles. The molecule has 1 radical (unpaired) electrons. The van der Waals surface area contributed by atoms with Gasteiger partial charge < -0.3 is 0 Å². The zero-order chi connectivity index (χ0) is 13.5. The molecular formula is C15H23O3Se. The molecule has 1 aliphatic heterocycles. The van der Waals surface area contributed by atoms with Crippen molar-refractivity contribution in [3.05, 3.63) is 0 Å². The van der Waals surface area contributed by atoms with Gasteiger partial charge in [0, 0.05) is 0 Å². The first-order valence-electron chi connectivity index (χ1n) is 7.69. The van der Waals surface area contributed by atoms with Crippen LogP contribution in [-0.4, -0.2) is 38.3 Å². The molecule has 2 aliphatic carbocycles. The summed E-state index contributed by atoms with van der Waals surface area (Å²) in [6, 6.07) is 0. The van der Waals surface area contributed by atoms with Crippen LogP contribution in [0.2, 0.25) is 4.82 Å². The van der Waals surface area contributed by atoms with Crippen LogP contribution < -0.4 is 0 Å². The predicted octanol–water partition coefficient (Wildman–Crippen LogP) is 2.51. The van der Waals surface area contributed by atoms with Crippen LogP contribution in [0.5, 0.6) is 0 Å². The Morgan fingerprint density at radius 3 is 2.11 bits per heavy atom. The van der Waals surface area contributed by atoms with Crippen molar-refractivity contribution in [2.75, 3.05) is 0 Å². The van der Waals surface area contributed by atoms with E-state index in [2.05, 4.69) is 16.0 Å². The Morgan fingerprint density at radius 2 is 1.53 bits per heavy atom. The Bertz CT molecular complexity index is 356. The molecule has 1 spiro atoms. The molecule has 0 aromatic heterocycles. The quantitative estimate of drug-likeness (QED) is 0.594. The molecule has 3 nitrogen and oxygen atoms in total. The fourth-order valence-electron chi connectivity index (χ4n) is 4.26. The number of carbonyl (C=O) groups is 1. The Balaban J connectivity index is 1.84. The summed E-state index contributed by atoms with van der Waals surface area (Å²) >= 11 is 3.20. The van der Waals surface area contributed by atoms with Gasteiger partial charge in [0.25, 0.3) is 0 Å². The van der Waals surface area contributed by atoms with Crippen molar-refractivity contribution < 1.29 is 14.6 Å². The summed E-state index contributed by atoms with van der Waals surface area (Å²) in [5.41, 5.74) is -1.14. The van der Waals surface area contributed by atoms with Crippen LogP contribution >= 0.6 is 0 Å². The number of hydrogen-bond donors (Lipinski definition) is 1. The van der Waals surface area contributed by atoms with Gasteiger partial charge in [0.1, 0.15) is 0 Å². The zero-order valence-electron chi connectivity index (χ0n) is 11.4. The summed E-state index contributed by atoms with van der Waals surface area (Å²) in [7, 11) is 0. The van der Waals surface area contributed by atoms with Gasteiger partial charge >= 0.3 is 123 Å². The molecule has 1 N–H and O–H groups in total. The van der Waals surface area contributed by atoms with Crippen LogP contribution in [0.15, 0.2) is 0 Å². The maximum absolute atomic E-state index is 12.4. The fourth-order valence-corrected chi connectivity index (χ4v) is 5.62. The van der Waals surface area contributed by atoms with Crippen LogP contribution in [0.25, 0.3) is 0 Å². The molecular weight excluding hydrogens is 307 g/mol. The molecule has 1 saturated heterocycles. The second kappa shape index (κ2) is 5.05. The molecule has 3 aliphatic rings. The first-order chi connectivity index (χ1) is 9.07. The topological polar surface area (TPSA) is 46.5 Å². The fraction of sp³-hybridized carbons (Fsp3) is 0.933. The molecule has 0 bridgehead atoms. The number of ether oxygens (including phenoxy) is 1. The van der Waals surface area contributed by atoms with Crippen molar-refractivity contribution in [3.63, 3.8) is 0 Å². The molecule has 19 heavy (non-hydrogen) atoms. The Labute approximate surface area is 123 Å². The second-order valence-electron chi connectivity index (χ2n) is 6.61. The van der Waals surface area contributed by atoms with Gasteiger partial charge in [-0.05, 0) is 0 Å². The minimum atomic E-state index is -0.827. The first kappa shape index (κ1) is 13.9. The van der Waals surface area contributed by atoms with Gasteiger partial charge in [-0.15, -0.1) is 0 Å². The third-order valence-corrected chi connectivity index (χ3v) is 6.85. The van der Waals surface area contributed by atoms with Crippen molar-refractivity contribution in [2.45, 2.75) is 80.2 Å². The van der Waals surface area contributed by atoms with E-state index in [1.807, 2.05) is 0 Å². The van der Waals surface area contributed by atoms with Gasteiger partial charge in [-0.1, -0.05) is 0 Å². The Hall–Kier alpha value is -0.0505. The van der Waals surface area contributed by atoms with E-state index in [0.717, 1.165) is 51.4 Å². The van der Waals surface area contributed by atoms with E-state index in [1.165, 1.54) is 12.8 Å². The van der Waals surface area contributed by atoms with Gasteiger partial charge in [0.15, 0.2) is 0 Å². The summed E-state index contributed by atoms with van der Waals surface area (Å²) in [5.74, 6) is -0.499. The normalized spacial score (nSPS) is 37.3. The van der Waals surface area contributed by atoms with Gasteiger partial charge in [-0.25, -0.2) is 0 Å². The molecule has 0 amide bonds. The second-order valence-corrected chi connectivity index (χ2v) is 7.67. The zero-order valence-corrected chi connectivity index (χ0v) is 13.1. The summed E-state index contributed by atoms with van der Waals surface area (Å²) < 4.78 is 5.80. The Morgan fingerprint density at radius 1 is 1.00 bits per heavy atom. The van der Waals surface area contributed by atoms with E-state index in [1.54, 1.807) is 0 Å². The van der Waals surface area contributed by atoms with E-state index >= 15 is 0 Å². The van der Waals surface area contributed by atoms with Crippen LogP contribution in [0.1, 0.15) is 64.2 Å². The number of carbonyl (C=O) groups excluding carboxylic acids is 1. The Kier molecular flexibility index (Phi) is 3.70. The number of esters is 1. The summed E-state index contributed by atoms with van der Waals surface area (Å²) in [6.07, 6.45) is 10.2. The first-order valence-corrected chi connectivity index (χ1v) is 8.67. The molecule has 3 fully saturated rings. The van der Waals surface area contributed by atoms with Crippen LogP contribution in [0.3, 0.4) is 0 Å². The minimum absolute atomic E-state index is 0.0448. The van der Waals surface area contributed by atoms with Gasteiger partial charge in [0.2, 0.25) is 0 Å². The van der Waals surface area contributed by atoms with E-state index in [4.69, 9.17) is 4.74 Å². The maximum atomic E-state index is 12.4. The summed E-state index contributed by atoms with van der Waals surface area (Å²) in [5, 5.41) is 10.9. The van der Waals surface area contributed by atoms with E-state index < -0.39 is 5.60 Å². The van der Waals surface area contributed by atoms with Crippen molar-refractivity contribution in [1.29, 1.82) is 0 Å². The van der Waals surface area contributed by atoms with E-state index in [0.29, 0.717) is 0 Å².